The van der Waals surface area contributed by atoms with E-state index >= 15 is 0 Å². The van der Waals surface area contributed by atoms with E-state index in [0.717, 1.165) is 11.5 Å². The molecule has 31 heavy (non-hydrogen) atoms. The van der Waals surface area contributed by atoms with E-state index in [1.165, 1.54) is 54.7 Å². The summed E-state index contributed by atoms with van der Waals surface area (Å²) >= 11 is 0. The van der Waals surface area contributed by atoms with Gasteiger partial charge in [0.1, 0.15) is 18.5 Å². The van der Waals surface area contributed by atoms with Gasteiger partial charge in [0.2, 0.25) is 5.69 Å². The van der Waals surface area contributed by atoms with Crippen molar-refractivity contribution in [3.63, 3.8) is 0 Å². The lowest BCUT2D eigenvalue weighted by Crippen LogP contribution is -2.41. The van der Waals surface area contributed by atoms with Gasteiger partial charge in [-0.2, -0.15) is 0 Å². The van der Waals surface area contributed by atoms with Gasteiger partial charge in [-0.3, -0.25) is 0 Å². The van der Waals surface area contributed by atoms with Crippen molar-refractivity contribution in [1.29, 1.82) is 0 Å². The minimum Gasteiger partial charge on any atom is -0.456 e. The Bertz CT molecular complexity index is 1390. The molecule has 3 aromatic carbocycles. The number of rotatable bonds is 2. The van der Waals surface area contributed by atoms with Crippen molar-refractivity contribution in [3.05, 3.63) is 59.3 Å². The van der Waals surface area contributed by atoms with Gasteiger partial charge in [0, 0.05) is 6.07 Å². The molecule has 0 radical (unpaired) electrons. The zero-order valence-electron chi connectivity index (χ0n) is 20.0. The van der Waals surface area contributed by atoms with Crippen molar-refractivity contribution in [2.75, 3.05) is 0 Å². The second kappa shape index (κ2) is 6.67. The van der Waals surface area contributed by atoms with Crippen LogP contribution in [0.5, 0.6) is 11.5 Å². The van der Waals surface area contributed by atoms with Crippen LogP contribution in [0.1, 0.15) is 36.5 Å². The molecular formula is C28H32NOSi+. The Hall–Kier alpha value is -2.65. The third kappa shape index (κ3) is 2.94. The highest BCUT2D eigenvalue weighted by Gasteiger charge is 2.36. The SMILES string of the molecule is Cc1ccc2c([Si](C)(C)C)c3c(c(C)c2c1)-c1c2c(cc(C(C)C)cc2cc[n+]1C)O3. The van der Waals surface area contributed by atoms with E-state index in [9.17, 15) is 0 Å². The smallest absolute Gasteiger partial charge is 0.228 e. The summed E-state index contributed by atoms with van der Waals surface area (Å²) in [7, 11) is 0.456. The summed E-state index contributed by atoms with van der Waals surface area (Å²) in [4.78, 5) is 0. The van der Waals surface area contributed by atoms with Crippen molar-refractivity contribution in [2.24, 2.45) is 7.05 Å². The van der Waals surface area contributed by atoms with Crippen LogP contribution in [0.3, 0.4) is 0 Å². The molecule has 0 aliphatic carbocycles. The predicted molar refractivity (Wildman–Crippen MR) is 135 cm³/mol. The number of pyridine rings is 1. The Morgan fingerprint density at radius 1 is 0.935 bits per heavy atom. The van der Waals surface area contributed by atoms with Gasteiger partial charge in [0.05, 0.1) is 19.0 Å². The first-order chi connectivity index (χ1) is 14.6. The average molecular weight is 427 g/mol. The topological polar surface area (TPSA) is 13.1 Å². The third-order valence-corrected chi connectivity index (χ3v) is 8.76. The Kier molecular flexibility index (Phi) is 4.36. The molecule has 1 aliphatic heterocycles. The summed E-state index contributed by atoms with van der Waals surface area (Å²) in [5, 5.41) is 6.65. The summed E-state index contributed by atoms with van der Waals surface area (Å²) in [6.07, 6.45) is 2.20. The molecule has 2 heterocycles. The number of fused-ring (bicyclic) bond motifs is 3. The van der Waals surface area contributed by atoms with Crippen molar-refractivity contribution in [2.45, 2.75) is 53.3 Å². The van der Waals surface area contributed by atoms with E-state index in [1.54, 1.807) is 0 Å². The molecule has 2 nitrogen and oxygen atoms in total. The lowest BCUT2D eigenvalue weighted by molar-refractivity contribution is -0.659. The second-order valence-electron chi connectivity index (χ2n) is 10.5. The van der Waals surface area contributed by atoms with Crippen molar-refractivity contribution >= 4 is 34.8 Å². The summed E-state index contributed by atoms with van der Waals surface area (Å²) in [6.45, 7) is 16.3. The van der Waals surface area contributed by atoms with Crippen LogP contribution in [0.2, 0.25) is 19.6 Å². The minimum atomic E-state index is -1.71. The molecule has 0 amide bonds. The fourth-order valence-corrected chi connectivity index (χ4v) is 7.07. The van der Waals surface area contributed by atoms with Gasteiger partial charge < -0.3 is 4.74 Å². The molecule has 1 aromatic heterocycles. The number of nitrogens with zero attached hydrogens (tertiary/aromatic N) is 1. The van der Waals surface area contributed by atoms with Gasteiger partial charge in [0.15, 0.2) is 6.20 Å². The number of aryl methyl sites for hydroxylation is 3. The normalized spacial score (nSPS) is 13.1. The fraction of sp³-hybridized carbons (Fsp3) is 0.321. The molecule has 5 rings (SSSR count). The Labute approximate surface area is 186 Å². The lowest BCUT2D eigenvalue weighted by Gasteiger charge is -2.30. The highest BCUT2D eigenvalue weighted by Crippen LogP contribution is 2.49. The molecule has 0 saturated heterocycles. The summed E-state index contributed by atoms with van der Waals surface area (Å²) in [5.74, 6) is 2.55. The van der Waals surface area contributed by atoms with E-state index in [0.29, 0.717) is 5.92 Å². The van der Waals surface area contributed by atoms with Crippen molar-refractivity contribution < 1.29 is 9.30 Å². The molecule has 0 spiro atoms. The van der Waals surface area contributed by atoms with Crippen LogP contribution in [0, 0.1) is 13.8 Å². The molecule has 3 heteroatoms. The van der Waals surface area contributed by atoms with Gasteiger partial charge in [-0.1, -0.05) is 63.3 Å². The lowest BCUT2D eigenvalue weighted by atomic mass is 9.90. The first-order valence-electron chi connectivity index (χ1n) is 11.3. The molecule has 0 fully saturated rings. The number of benzene rings is 3. The zero-order chi connectivity index (χ0) is 22.2. The van der Waals surface area contributed by atoms with E-state index in [-0.39, 0.29) is 0 Å². The fourth-order valence-electron chi connectivity index (χ4n) is 5.18. The molecule has 158 valence electrons. The van der Waals surface area contributed by atoms with Gasteiger partial charge in [0.25, 0.3) is 0 Å². The van der Waals surface area contributed by atoms with Crippen LogP contribution in [-0.4, -0.2) is 8.07 Å². The van der Waals surface area contributed by atoms with Gasteiger partial charge in [-0.25, -0.2) is 4.57 Å². The summed E-state index contributed by atoms with van der Waals surface area (Å²) in [5.41, 5.74) is 6.50. The van der Waals surface area contributed by atoms with Crippen LogP contribution in [0.4, 0.5) is 0 Å². The standard InChI is InChI=1S/C28H32NOSi/c1-16(2)20-14-19-11-12-29(5)26-24-18(4)22-13-17(3)9-10-21(22)28(31(6,7)8)27(24)30-23(15-20)25(19)26/h9-16H,1-8H3/q+1. The van der Waals surface area contributed by atoms with Crippen LogP contribution in [0.15, 0.2) is 42.6 Å². The number of hydrogen-bond acceptors (Lipinski definition) is 1. The first-order valence-corrected chi connectivity index (χ1v) is 14.8. The molecule has 0 unspecified atom stereocenters. The van der Waals surface area contributed by atoms with E-state index < -0.39 is 8.07 Å². The van der Waals surface area contributed by atoms with Crippen molar-refractivity contribution in [1.82, 2.24) is 0 Å². The number of ether oxygens (including phenoxy) is 1. The highest BCUT2D eigenvalue weighted by atomic mass is 28.3. The largest absolute Gasteiger partial charge is 0.456 e. The molecule has 0 N–H and O–H groups in total. The maximum absolute atomic E-state index is 6.89. The summed E-state index contributed by atoms with van der Waals surface area (Å²) in [6, 6.07) is 13.7. The number of hydrogen-bond donors (Lipinski definition) is 0. The quantitative estimate of drug-likeness (QED) is 0.222. The van der Waals surface area contributed by atoms with E-state index in [1.807, 2.05) is 0 Å². The van der Waals surface area contributed by atoms with E-state index in [4.69, 9.17) is 4.74 Å². The monoisotopic (exact) mass is 426 g/mol. The first kappa shape index (κ1) is 20.3. The van der Waals surface area contributed by atoms with Gasteiger partial charge in [-0.05, 0) is 58.3 Å². The molecule has 0 saturated carbocycles. The Morgan fingerprint density at radius 3 is 2.35 bits per heavy atom. The van der Waals surface area contributed by atoms with Crippen LogP contribution < -0.4 is 14.5 Å². The van der Waals surface area contributed by atoms with Gasteiger partial charge in [-0.15, -0.1) is 0 Å². The maximum Gasteiger partial charge on any atom is 0.228 e. The van der Waals surface area contributed by atoms with Crippen LogP contribution in [0.25, 0.3) is 32.8 Å². The Balaban J connectivity index is 2.02. The Morgan fingerprint density at radius 2 is 1.68 bits per heavy atom. The number of aromatic nitrogens is 1. The summed E-state index contributed by atoms with van der Waals surface area (Å²) < 4.78 is 9.18. The minimum absolute atomic E-state index is 0.459. The molecule has 0 bridgehead atoms. The van der Waals surface area contributed by atoms with Crippen LogP contribution >= 0.6 is 0 Å². The predicted octanol–water partition coefficient (Wildman–Crippen LogP) is 6.88. The average Bonchev–Trinajstić information content (AvgIpc) is 2.69. The molecule has 0 atom stereocenters. The molecule has 1 aliphatic rings. The third-order valence-electron chi connectivity index (χ3n) is 6.77. The van der Waals surface area contributed by atoms with E-state index in [2.05, 4.69) is 102 Å². The molecule has 4 aromatic rings. The zero-order valence-corrected chi connectivity index (χ0v) is 21.0. The second-order valence-corrected chi connectivity index (χ2v) is 15.5. The van der Waals surface area contributed by atoms with Crippen molar-refractivity contribution in [3.8, 4) is 22.8 Å². The molecular weight excluding hydrogens is 394 g/mol. The highest BCUT2D eigenvalue weighted by molar-refractivity contribution is 6.91. The maximum atomic E-state index is 6.89. The van der Waals surface area contributed by atoms with Crippen LogP contribution in [-0.2, 0) is 7.05 Å². The van der Waals surface area contributed by atoms with Gasteiger partial charge >= 0.3 is 0 Å².